The number of pyridine rings is 1. The van der Waals surface area contributed by atoms with Crippen molar-refractivity contribution in [3.05, 3.63) is 63.1 Å². The number of carbonyl (C=O) groups excluding carboxylic acids is 4. The van der Waals surface area contributed by atoms with Crippen molar-refractivity contribution in [3.8, 4) is 5.75 Å². The van der Waals surface area contributed by atoms with Gasteiger partial charge in [-0.05, 0) is 46.6 Å². The zero-order valence-corrected chi connectivity index (χ0v) is 26.3. The number of amides is 3. The van der Waals surface area contributed by atoms with Crippen LogP contribution in [0.2, 0.25) is 0 Å². The van der Waals surface area contributed by atoms with Gasteiger partial charge in [-0.2, -0.15) is 0 Å². The Morgan fingerprint density at radius 1 is 1.15 bits per heavy atom. The van der Waals surface area contributed by atoms with Crippen molar-refractivity contribution in [1.82, 2.24) is 24.6 Å². The van der Waals surface area contributed by atoms with Gasteiger partial charge in [0, 0.05) is 50.6 Å². The van der Waals surface area contributed by atoms with Crippen molar-refractivity contribution in [3.63, 3.8) is 0 Å². The summed E-state index contributed by atoms with van der Waals surface area (Å²) in [7, 11) is 1.36. The molecule has 5 rings (SSSR count). The van der Waals surface area contributed by atoms with E-state index in [0.29, 0.717) is 12.6 Å². The van der Waals surface area contributed by atoms with Gasteiger partial charge < -0.3 is 29.0 Å². The minimum atomic E-state index is -1.09. The zero-order chi connectivity index (χ0) is 33.5. The summed E-state index contributed by atoms with van der Waals surface area (Å²) in [6.45, 7) is 6.85. The number of ether oxygens (including phenoxy) is 3. The molecule has 3 aliphatic heterocycles. The quantitative estimate of drug-likeness (QED) is 0.339. The first-order valence-electron chi connectivity index (χ1n) is 15.0. The number of halogens is 2. The maximum Gasteiger partial charge on any atom is 0.410 e. The molecule has 0 bridgehead atoms. The third kappa shape index (κ3) is 6.55. The van der Waals surface area contributed by atoms with Crippen molar-refractivity contribution < 1.29 is 42.2 Å². The van der Waals surface area contributed by atoms with E-state index in [1.807, 2.05) is 0 Å². The zero-order valence-electron chi connectivity index (χ0n) is 26.3. The van der Waals surface area contributed by atoms with E-state index < -0.39 is 65.1 Å². The number of rotatable bonds is 8. The highest BCUT2D eigenvalue weighted by Crippen LogP contribution is 2.35. The molecule has 0 radical (unpaired) electrons. The smallest absolute Gasteiger partial charge is 0.410 e. The summed E-state index contributed by atoms with van der Waals surface area (Å²) in [5.74, 6) is -4.35. The summed E-state index contributed by atoms with van der Waals surface area (Å²) in [5.41, 5.74) is -2.22. The van der Waals surface area contributed by atoms with Crippen molar-refractivity contribution >= 4 is 23.9 Å². The Bertz CT molecular complexity index is 1620. The molecule has 3 aliphatic rings. The number of nitrogens with zero attached hydrogens (tertiary/aromatic N) is 4. The minimum absolute atomic E-state index is 0.00137. The van der Waals surface area contributed by atoms with Gasteiger partial charge >= 0.3 is 12.1 Å². The lowest BCUT2D eigenvalue weighted by Crippen LogP contribution is -2.51. The fraction of sp³-hybridized carbons (Fsp3) is 0.516. The average Bonchev–Trinajstić information content (AvgIpc) is 3.58. The molecule has 2 saturated heterocycles. The third-order valence-corrected chi connectivity index (χ3v) is 8.34. The Morgan fingerprint density at radius 3 is 2.59 bits per heavy atom. The van der Waals surface area contributed by atoms with Gasteiger partial charge in [-0.15, -0.1) is 0 Å². The number of aromatic nitrogens is 1. The molecule has 2 aromatic rings. The fourth-order valence-electron chi connectivity index (χ4n) is 5.86. The average molecular weight is 646 g/mol. The summed E-state index contributed by atoms with van der Waals surface area (Å²) < 4.78 is 45.1. The van der Waals surface area contributed by atoms with E-state index in [1.54, 1.807) is 25.7 Å². The van der Waals surface area contributed by atoms with E-state index >= 15 is 0 Å². The summed E-state index contributed by atoms with van der Waals surface area (Å²) >= 11 is 0. The van der Waals surface area contributed by atoms with Crippen LogP contribution in [0.3, 0.4) is 0 Å². The maximum absolute atomic E-state index is 14.2. The number of benzene rings is 1. The van der Waals surface area contributed by atoms with Gasteiger partial charge in [-0.3, -0.25) is 24.2 Å². The van der Waals surface area contributed by atoms with Crippen LogP contribution in [0.1, 0.15) is 66.9 Å². The molecule has 3 atom stereocenters. The fourth-order valence-corrected chi connectivity index (χ4v) is 5.86. The largest absolute Gasteiger partial charge is 0.451 e. The first-order chi connectivity index (χ1) is 21.7. The molecule has 2 fully saturated rings. The second-order valence-corrected chi connectivity index (χ2v) is 12.6. The van der Waals surface area contributed by atoms with E-state index in [2.05, 4.69) is 10.2 Å². The second-order valence-electron chi connectivity index (χ2n) is 12.6. The monoisotopic (exact) mass is 645 g/mol. The third-order valence-electron chi connectivity index (χ3n) is 8.34. The first-order valence-corrected chi connectivity index (χ1v) is 15.0. The number of carbonyl (C=O) groups is 4. The van der Waals surface area contributed by atoms with Crippen LogP contribution in [0.15, 0.2) is 29.2 Å². The van der Waals surface area contributed by atoms with Crippen molar-refractivity contribution in [2.45, 2.75) is 77.5 Å². The van der Waals surface area contributed by atoms with Gasteiger partial charge in [0.1, 0.15) is 35.0 Å². The topological polar surface area (TPSA) is 140 Å². The van der Waals surface area contributed by atoms with Crippen molar-refractivity contribution in [2.75, 3.05) is 26.9 Å². The van der Waals surface area contributed by atoms with Crippen LogP contribution in [0.25, 0.3) is 0 Å². The molecular weight excluding hydrogens is 608 g/mol. The summed E-state index contributed by atoms with van der Waals surface area (Å²) in [6, 6.07) is 1.99. The van der Waals surface area contributed by atoms with Crippen LogP contribution in [-0.2, 0) is 27.4 Å². The molecule has 3 amide bonds. The SMILES string of the molecule is C[C@@H](C(=O)OCOc1c2n(cc(C(=O)NCc3ccc(F)cc3F)c1=O)C[C@@H]1N(C[C@H]3CCCN31)C2=O)N(C)C(=O)OC(C)(C)C. The van der Waals surface area contributed by atoms with Gasteiger partial charge in [0.25, 0.3) is 11.8 Å². The number of fused-ring (bicyclic) bond motifs is 4. The predicted molar refractivity (Wildman–Crippen MR) is 158 cm³/mol. The summed E-state index contributed by atoms with van der Waals surface area (Å²) in [4.78, 5) is 70.7. The van der Waals surface area contributed by atoms with E-state index in [0.717, 1.165) is 30.4 Å². The van der Waals surface area contributed by atoms with E-state index in [-0.39, 0.29) is 42.1 Å². The Balaban J connectivity index is 1.38. The molecule has 46 heavy (non-hydrogen) atoms. The van der Waals surface area contributed by atoms with Crippen molar-refractivity contribution in [2.24, 2.45) is 0 Å². The van der Waals surface area contributed by atoms with Gasteiger partial charge in [0.2, 0.25) is 18.0 Å². The minimum Gasteiger partial charge on any atom is -0.451 e. The molecule has 0 saturated carbocycles. The number of hydrogen-bond donors (Lipinski definition) is 1. The van der Waals surface area contributed by atoms with Crippen LogP contribution in [-0.4, -0.2) is 93.9 Å². The molecule has 1 N–H and O–H groups in total. The van der Waals surface area contributed by atoms with E-state index in [4.69, 9.17) is 14.2 Å². The van der Waals surface area contributed by atoms with Gasteiger partial charge in [-0.25, -0.2) is 18.4 Å². The van der Waals surface area contributed by atoms with E-state index in [1.165, 1.54) is 30.8 Å². The highest BCUT2D eigenvalue weighted by atomic mass is 19.1. The summed E-state index contributed by atoms with van der Waals surface area (Å²) in [5, 5.41) is 2.46. The molecule has 0 unspecified atom stereocenters. The standard InChI is InChI=1S/C31H37F2N5O8/c1-17(35(5)30(43)46-31(2,3)4)29(42)45-16-44-26-24-28(41)38-13-20-7-6-10-37(20)23(38)15-36(24)14-21(25(26)39)27(40)34-12-18-8-9-19(32)11-22(18)33/h8-9,11,14,17,20,23H,6-7,10,12-13,15-16H2,1-5H3,(H,34,40)/t17-,20+,23-/m0/s1. The lowest BCUT2D eigenvalue weighted by atomic mass is 10.1. The van der Waals surface area contributed by atoms with Crippen LogP contribution in [0.5, 0.6) is 5.75 Å². The van der Waals surface area contributed by atoms with Crippen LogP contribution in [0, 0.1) is 11.6 Å². The van der Waals surface area contributed by atoms with Crippen molar-refractivity contribution in [1.29, 1.82) is 0 Å². The Hall–Kier alpha value is -4.53. The van der Waals surface area contributed by atoms with Gasteiger partial charge in [-0.1, -0.05) is 6.07 Å². The molecule has 0 spiro atoms. The van der Waals surface area contributed by atoms with Gasteiger partial charge in [0.05, 0.1) is 6.54 Å². The first kappa shape index (κ1) is 32.9. The van der Waals surface area contributed by atoms with E-state index in [9.17, 15) is 32.8 Å². The number of esters is 1. The second kappa shape index (κ2) is 12.7. The van der Waals surface area contributed by atoms with Crippen LogP contribution < -0.4 is 15.5 Å². The Labute approximate surface area is 264 Å². The molecule has 1 aromatic heterocycles. The molecule has 1 aromatic carbocycles. The maximum atomic E-state index is 14.2. The highest BCUT2D eigenvalue weighted by molar-refractivity contribution is 5.99. The number of hydrogen-bond acceptors (Lipinski definition) is 9. The Kier molecular flexibility index (Phi) is 9.07. The molecule has 13 nitrogen and oxygen atoms in total. The molecule has 15 heteroatoms. The molecule has 4 heterocycles. The highest BCUT2D eigenvalue weighted by Gasteiger charge is 2.48. The molecular formula is C31H37F2N5O8. The van der Waals surface area contributed by atoms with Crippen LogP contribution >= 0.6 is 0 Å². The normalized spacial score (nSPS) is 19.5. The predicted octanol–water partition coefficient (Wildman–Crippen LogP) is 2.45. The molecule has 248 valence electrons. The number of nitrogens with one attached hydrogen (secondary N) is 1. The van der Waals surface area contributed by atoms with Gasteiger partial charge in [0.15, 0.2) is 5.69 Å². The lowest BCUT2D eigenvalue weighted by molar-refractivity contribution is -0.155. The summed E-state index contributed by atoms with van der Waals surface area (Å²) in [6.07, 6.45) is 2.15. The van der Waals surface area contributed by atoms with Crippen LogP contribution in [0.4, 0.5) is 13.6 Å². The number of likely N-dealkylation sites (N-methyl/N-ethyl adjacent to an activating group) is 1. The lowest BCUT2D eigenvalue weighted by Gasteiger charge is -2.36. The molecule has 0 aliphatic carbocycles. The Morgan fingerprint density at radius 2 is 1.89 bits per heavy atom.